The van der Waals surface area contributed by atoms with E-state index in [0.29, 0.717) is 12.1 Å². The van der Waals surface area contributed by atoms with E-state index in [1.165, 1.54) is 0 Å². The molecule has 116 valence electrons. The summed E-state index contributed by atoms with van der Waals surface area (Å²) < 4.78 is 0. The van der Waals surface area contributed by atoms with Gasteiger partial charge in [-0.1, -0.05) is 0 Å². The highest BCUT2D eigenvalue weighted by atomic mass is 16.3. The highest BCUT2D eigenvalue weighted by Gasteiger charge is 2.28. The Morgan fingerprint density at radius 1 is 0.591 bits per heavy atom. The molecular weight excluding hydrogens is 300 g/mol. The fourth-order valence-corrected chi connectivity index (χ4v) is 1.79. The van der Waals surface area contributed by atoms with E-state index in [0.717, 1.165) is 0 Å². The van der Waals surface area contributed by atoms with E-state index in [1.54, 1.807) is 0 Å². The van der Waals surface area contributed by atoms with Crippen LogP contribution in [0.5, 0.6) is 46.0 Å². The van der Waals surface area contributed by atoms with E-state index >= 15 is 0 Å². The van der Waals surface area contributed by atoms with Crippen LogP contribution in [0.2, 0.25) is 0 Å². The van der Waals surface area contributed by atoms with Crippen molar-refractivity contribution in [2.75, 3.05) is 0 Å². The summed E-state index contributed by atoms with van der Waals surface area (Å²) >= 11 is 0. The average molecular weight is 310 g/mol. The molecule has 0 aliphatic heterocycles. The van der Waals surface area contributed by atoms with Crippen molar-refractivity contribution >= 4 is 5.78 Å². The van der Waals surface area contributed by atoms with Gasteiger partial charge in [0.05, 0.1) is 5.56 Å². The van der Waals surface area contributed by atoms with E-state index in [4.69, 9.17) is 0 Å². The van der Waals surface area contributed by atoms with Gasteiger partial charge in [0.15, 0.2) is 34.5 Å². The van der Waals surface area contributed by atoms with E-state index < -0.39 is 62.9 Å². The third kappa shape index (κ3) is 2.00. The van der Waals surface area contributed by atoms with Crippen LogP contribution in [0.15, 0.2) is 12.1 Å². The molecule has 0 saturated carbocycles. The van der Waals surface area contributed by atoms with Crippen molar-refractivity contribution in [1.82, 2.24) is 0 Å². The van der Waals surface area contributed by atoms with Gasteiger partial charge in [-0.05, 0) is 6.07 Å². The third-order valence-corrected chi connectivity index (χ3v) is 2.93. The first-order chi connectivity index (χ1) is 10.2. The lowest BCUT2D eigenvalue weighted by Gasteiger charge is -2.12. The summed E-state index contributed by atoms with van der Waals surface area (Å²) in [7, 11) is 0. The highest BCUT2D eigenvalue weighted by Crippen LogP contribution is 2.47. The zero-order chi connectivity index (χ0) is 16.8. The Morgan fingerprint density at radius 3 is 1.55 bits per heavy atom. The van der Waals surface area contributed by atoms with Crippen molar-refractivity contribution in [3.8, 4) is 46.0 Å². The van der Waals surface area contributed by atoms with Crippen LogP contribution in [0.1, 0.15) is 15.9 Å². The molecule has 0 aromatic heterocycles. The van der Waals surface area contributed by atoms with Gasteiger partial charge >= 0.3 is 0 Å². The van der Waals surface area contributed by atoms with Crippen LogP contribution in [0.3, 0.4) is 0 Å². The number of carbonyl (C=O) groups excluding carboxylic acids is 1. The second-order valence-corrected chi connectivity index (χ2v) is 4.31. The summed E-state index contributed by atoms with van der Waals surface area (Å²) in [5.74, 6) is -9.75. The first kappa shape index (κ1) is 14.9. The van der Waals surface area contributed by atoms with Gasteiger partial charge < -0.3 is 40.9 Å². The molecule has 0 aliphatic carbocycles. The minimum atomic E-state index is -1.34. The average Bonchev–Trinajstić information content (AvgIpc) is 2.47. The Hall–Kier alpha value is -3.49. The lowest BCUT2D eigenvalue weighted by Crippen LogP contribution is -2.03. The maximum atomic E-state index is 12.2. The normalized spacial score (nSPS) is 10.5. The van der Waals surface area contributed by atoms with Crippen molar-refractivity contribution in [1.29, 1.82) is 0 Å². The van der Waals surface area contributed by atoms with E-state index in [2.05, 4.69) is 0 Å². The molecule has 9 heteroatoms. The van der Waals surface area contributed by atoms with Crippen molar-refractivity contribution in [2.45, 2.75) is 0 Å². The van der Waals surface area contributed by atoms with Crippen molar-refractivity contribution < 1.29 is 45.6 Å². The minimum Gasteiger partial charge on any atom is -0.504 e. The Kier molecular flexibility index (Phi) is 3.26. The van der Waals surface area contributed by atoms with Gasteiger partial charge in [-0.2, -0.15) is 0 Å². The molecule has 0 bridgehead atoms. The monoisotopic (exact) mass is 310 g/mol. The molecule has 2 aromatic rings. The van der Waals surface area contributed by atoms with Crippen molar-refractivity contribution in [3.63, 3.8) is 0 Å². The number of hydrogen-bond acceptors (Lipinski definition) is 9. The fourth-order valence-electron chi connectivity index (χ4n) is 1.79. The van der Waals surface area contributed by atoms with Crippen LogP contribution < -0.4 is 0 Å². The second-order valence-electron chi connectivity index (χ2n) is 4.31. The molecule has 2 rings (SSSR count). The third-order valence-electron chi connectivity index (χ3n) is 2.93. The maximum Gasteiger partial charge on any atom is 0.205 e. The quantitative estimate of drug-likeness (QED) is 0.223. The lowest BCUT2D eigenvalue weighted by molar-refractivity contribution is 0.102. The summed E-state index contributed by atoms with van der Waals surface area (Å²) in [4.78, 5) is 12.2. The number of carbonyl (C=O) groups is 1. The van der Waals surface area contributed by atoms with Gasteiger partial charge in [0.2, 0.25) is 17.3 Å². The van der Waals surface area contributed by atoms with E-state index in [1.807, 2.05) is 0 Å². The van der Waals surface area contributed by atoms with Crippen LogP contribution in [0.4, 0.5) is 0 Å². The molecule has 0 spiro atoms. The summed E-state index contributed by atoms with van der Waals surface area (Å²) in [5.41, 5.74) is -1.78. The number of phenolic OH excluding ortho intramolecular Hbond substituents is 8. The van der Waals surface area contributed by atoms with Crippen LogP contribution in [-0.4, -0.2) is 46.6 Å². The van der Waals surface area contributed by atoms with Gasteiger partial charge in [-0.25, -0.2) is 0 Å². The molecule has 0 amide bonds. The maximum absolute atomic E-state index is 12.2. The zero-order valence-electron chi connectivity index (χ0n) is 10.6. The van der Waals surface area contributed by atoms with Gasteiger partial charge in [-0.3, -0.25) is 4.79 Å². The summed E-state index contributed by atoms with van der Waals surface area (Å²) in [6, 6.07) is 1.14. The molecular formula is C13H10O9. The molecule has 0 heterocycles. The molecule has 0 unspecified atom stereocenters. The first-order valence-corrected chi connectivity index (χ1v) is 5.65. The summed E-state index contributed by atoms with van der Waals surface area (Å²) in [5, 5.41) is 75.5. The lowest BCUT2D eigenvalue weighted by atomic mass is 9.98. The summed E-state index contributed by atoms with van der Waals surface area (Å²) in [6.07, 6.45) is 0. The van der Waals surface area contributed by atoms with Crippen LogP contribution >= 0.6 is 0 Å². The molecule has 2 aromatic carbocycles. The predicted octanol–water partition coefficient (Wildman–Crippen LogP) is 0.562. The largest absolute Gasteiger partial charge is 0.504 e. The Bertz CT molecular complexity index is 769. The molecule has 0 atom stereocenters. The Balaban J connectivity index is 2.75. The van der Waals surface area contributed by atoms with Crippen molar-refractivity contribution in [3.05, 3.63) is 23.3 Å². The first-order valence-electron chi connectivity index (χ1n) is 5.65. The number of hydrogen-bond donors (Lipinski definition) is 8. The number of rotatable bonds is 2. The smallest absolute Gasteiger partial charge is 0.205 e. The van der Waals surface area contributed by atoms with Gasteiger partial charge in [0, 0.05) is 6.07 Å². The van der Waals surface area contributed by atoms with E-state index in [-0.39, 0.29) is 0 Å². The standard InChI is InChI=1S/C13H10O9/c14-4-1-3(9(18)13(22)12(4)21)8(17)7-10(19)5(15)2-6(16)11(7)20/h1-2,14-16,18-22H. The highest BCUT2D eigenvalue weighted by molar-refractivity contribution is 6.15. The molecule has 0 radical (unpaired) electrons. The van der Waals surface area contributed by atoms with Gasteiger partial charge in [0.25, 0.3) is 0 Å². The SMILES string of the molecule is O=C(c1cc(O)c(O)c(O)c1O)c1c(O)c(O)cc(O)c1O. The van der Waals surface area contributed by atoms with Crippen LogP contribution in [0.25, 0.3) is 0 Å². The molecule has 0 aliphatic rings. The summed E-state index contributed by atoms with van der Waals surface area (Å²) in [6.45, 7) is 0. The van der Waals surface area contributed by atoms with Crippen LogP contribution in [0, 0.1) is 0 Å². The topological polar surface area (TPSA) is 179 Å². The number of ketones is 1. The molecule has 22 heavy (non-hydrogen) atoms. The van der Waals surface area contributed by atoms with E-state index in [9.17, 15) is 45.6 Å². The number of benzene rings is 2. The van der Waals surface area contributed by atoms with Gasteiger partial charge in [-0.15, -0.1) is 0 Å². The molecule has 8 N–H and O–H groups in total. The number of phenols is 8. The molecule has 0 fully saturated rings. The zero-order valence-corrected chi connectivity index (χ0v) is 10.6. The Morgan fingerprint density at radius 2 is 1.05 bits per heavy atom. The Labute approximate surface area is 121 Å². The fraction of sp³-hybridized carbons (Fsp3) is 0. The predicted molar refractivity (Wildman–Crippen MR) is 69.6 cm³/mol. The molecule has 9 nitrogen and oxygen atoms in total. The minimum absolute atomic E-state index is 0.562. The van der Waals surface area contributed by atoms with Gasteiger partial charge in [0.1, 0.15) is 5.56 Å². The molecule has 0 saturated heterocycles. The second kappa shape index (κ2) is 4.81. The van der Waals surface area contributed by atoms with Crippen molar-refractivity contribution in [2.24, 2.45) is 0 Å². The number of aromatic hydroxyl groups is 8. The van der Waals surface area contributed by atoms with Crippen LogP contribution in [-0.2, 0) is 0 Å².